The van der Waals surface area contributed by atoms with Gasteiger partial charge in [0.2, 0.25) is 0 Å². The average Bonchev–Trinajstić information content (AvgIpc) is 2.65. The minimum Gasteiger partial charge on any atom is -0.263 e. The molecule has 0 aliphatic carbocycles. The highest BCUT2D eigenvalue weighted by molar-refractivity contribution is 6.44. The third-order valence-corrected chi connectivity index (χ3v) is 2.98. The fourth-order valence-corrected chi connectivity index (χ4v) is 2.03. The van der Waals surface area contributed by atoms with Gasteiger partial charge in [0.05, 0.1) is 18.2 Å². The molecule has 102 valence electrons. The summed E-state index contributed by atoms with van der Waals surface area (Å²) in [6, 6.07) is 7.99. The van der Waals surface area contributed by atoms with Crippen molar-refractivity contribution in [2.75, 3.05) is 6.54 Å². The molecule has 4 amide bonds. The second-order valence-corrected chi connectivity index (χ2v) is 4.44. The summed E-state index contributed by atoms with van der Waals surface area (Å²) in [5.41, 5.74) is 1.08. The van der Waals surface area contributed by atoms with Gasteiger partial charge in [-0.05, 0) is 24.1 Å². The molecule has 1 fully saturated rings. The fraction of sp³-hybridized carbons (Fsp3) is 0.286. The molecule has 1 aliphatic heterocycles. The lowest BCUT2D eigenvalue weighted by atomic mass is 10.1. The molecule has 1 aliphatic rings. The number of urea groups is 1. The lowest BCUT2D eigenvalue weighted by molar-refractivity contribution is -0.143. The first-order chi connectivity index (χ1) is 9.58. The van der Waals surface area contributed by atoms with Crippen molar-refractivity contribution < 1.29 is 14.4 Å². The third-order valence-electron chi connectivity index (χ3n) is 2.98. The highest BCUT2D eigenvalue weighted by Gasteiger charge is 2.43. The SMILES string of the molecule is CCCN1C(=O)C(=O)N(Cc2cccc(C#N)c2)C1=O. The van der Waals surface area contributed by atoms with Crippen molar-refractivity contribution in [1.29, 1.82) is 5.26 Å². The van der Waals surface area contributed by atoms with E-state index in [0.29, 0.717) is 17.5 Å². The van der Waals surface area contributed by atoms with Crippen molar-refractivity contribution in [3.63, 3.8) is 0 Å². The van der Waals surface area contributed by atoms with Gasteiger partial charge < -0.3 is 0 Å². The van der Waals surface area contributed by atoms with Crippen LogP contribution in [-0.4, -0.2) is 34.2 Å². The number of hydrogen-bond donors (Lipinski definition) is 0. The highest BCUT2D eigenvalue weighted by atomic mass is 16.2. The van der Waals surface area contributed by atoms with Crippen molar-refractivity contribution in [2.45, 2.75) is 19.9 Å². The summed E-state index contributed by atoms with van der Waals surface area (Å²) in [5, 5.41) is 8.82. The zero-order chi connectivity index (χ0) is 14.7. The number of carbonyl (C=O) groups is 3. The molecule has 6 heteroatoms. The van der Waals surface area contributed by atoms with Gasteiger partial charge in [0, 0.05) is 6.54 Å². The van der Waals surface area contributed by atoms with Gasteiger partial charge in [0.1, 0.15) is 0 Å². The van der Waals surface area contributed by atoms with Crippen LogP contribution < -0.4 is 0 Å². The van der Waals surface area contributed by atoms with E-state index in [1.165, 1.54) is 0 Å². The average molecular weight is 271 g/mol. The molecule has 0 radical (unpaired) electrons. The van der Waals surface area contributed by atoms with Gasteiger partial charge in [0.25, 0.3) is 0 Å². The summed E-state index contributed by atoms with van der Waals surface area (Å²) in [6.07, 6.45) is 0.600. The Labute approximate surface area is 116 Å². The van der Waals surface area contributed by atoms with Crippen molar-refractivity contribution >= 4 is 17.8 Å². The van der Waals surface area contributed by atoms with Crippen LogP contribution in [-0.2, 0) is 16.1 Å². The summed E-state index contributed by atoms with van der Waals surface area (Å²) < 4.78 is 0. The lowest BCUT2D eigenvalue weighted by Gasteiger charge is -2.14. The molecule has 0 atom stereocenters. The Morgan fingerprint density at radius 2 is 1.85 bits per heavy atom. The minimum atomic E-state index is -0.814. The smallest absolute Gasteiger partial charge is 0.263 e. The molecule has 0 N–H and O–H groups in total. The van der Waals surface area contributed by atoms with E-state index in [2.05, 4.69) is 0 Å². The number of carbonyl (C=O) groups excluding carboxylic acids is 3. The molecule has 6 nitrogen and oxygen atoms in total. The van der Waals surface area contributed by atoms with Crippen molar-refractivity contribution in [2.24, 2.45) is 0 Å². The first-order valence-electron chi connectivity index (χ1n) is 6.24. The quantitative estimate of drug-likeness (QED) is 0.609. The largest absolute Gasteiger partial charge is 0.334 e. The van der Waals surface area contributed by atoms with Crippen LogP contribution in [0.5, 0.6) is 0 Å². The van der Waals surface area contributed by atoms with Crippen LogP contribution in [0, 0.1) is 11.3 Å². The minimum absolute atomic E-state index is 0.000852. The predicted octanol–water partition coefficient (Wildman–Crippen LogP) is 1.26. The second kappa shape index (κ2) is 5.53. The number of amides is 4. The van der Waals surface area contributed by atoms with Gasteiger partial charge in [-0.15, -0.1) is 0 Å². The van der Waals surface area contributed by atoms with Gasteiger partial charge in [-0.3, -0.25) is 19.4 Å². The molecule has 1 aromatic carbocycles. The molecular weight excluding hydrogens is 258 g/mol. The Balaban J connectivity index is 2.21. The van der Waals surface area contributed by atoms with Gasteiger partial charge in [-0.25, -0.2) is 4.79 Å². The Morgan fingerprint density at radius 3 is 2.50 bits per heavy atom. The van der Waals surface area contributed by atoms with E-state index in [-0.39, 0.29) is 13.1 Å². The van der Waals surface area contributed by atoms with Crippen LogP contribution in [0.15, 0.2) is 24.3 Å². The topological polar surface area (TPSA) is 81.5 Å². The monoisotopic (exact) mass is 271 g/mol. The fourth-order valence-electron chi connectivity index (χ4n) is 2.03. The first-order valence-corrected chi connectivity index (χ1v) is 6.24. The molecule has 1 saturated heterocycles. The van der Waals surface area contributed by atoms with Gasteiger partial charge >= 0.3 is 17.8 Å². The number of rotatable bonds is 4. The Hall–Kier alpha value is -2.68. The maximum atomic E-state index is 12.0. The summed E-state index contributed by atoms with van der Waals surface area (Å²) in [4.78, 5) is 37.4. The van der Waals surface area contributed by atoms with E-state index in [0.717, 1.165) is 9.80 Å². The van der Waals surface area contributed by atoms with Crippen LogP contribution >= 0.6 is 0 Å². The molecule has 1 aromatic rings. The normalized spacial score (nSPS) is 14.9. The summed E-state index contributed by atoms with van der Waals surface area (Å²) in [6.45, 7) is 2.06. The number of imide groups is 2. The Kier molecular flexibility index (Phi) is 3.80. The van der Waals surface area contributed by atoms with Crippen LogP contribution in [0.3, 0.4) is 0 Å². The van der Waals surface area contributed by atoms with E-state index >= 15 is 0 Å². The first kappa shape index (κ1) is 13.7. The summed E-state index contributed by atoms with van der Waals surface area (Å²) in [5.74, 6) is -1.60. The molecule has 1 heterocycles. The molecule has 0 unspecified atom stereocenters. The second-order valence-electron chi connectivity index (χ2n) is 4.44. The van der Waals surface area contributed by atoms with E-state index in [4.69, 9.17) is 5.26 Å². The molecule has 2 rings (SSSR count). The van der Waals surface area contributed by atoms with Crippen molar-refractivity contribution in [3.8, 4) is 6.07 Å². The third kappa shape index (κ3) is 2.38. The van der Waals surface area contributed by atoms with Gasteiger partial charge in [-0.1, -0.05) is 19.1 Å². The number of hydrogen-bond acceptors (Lipinski definition) is 4. The number of nitriles is 1. The van der Waals surface area contributed by atoms with Crippen LogP contribution in [0.2, 0.25) is 0 Å². The Morgan fingerprint density at radius 1 is 1.15 bits per heavy atom. The number of benzene rings is 1. The molecule has 0 bridgehead atoms. The maximum absolute atomic E-state index is 12.0. The zero-order valence-corrected chi connectivity index (χ0v) is 11.0. The lowest BCUT2D eigenvalue weighted by Crippen LogP contribution is -2.33. The predicted molar refractivity (Wildman–Crippen MR) is 69.1 cm³/mol. The molecular formula is C14H13N3O3. The zero-order valence-electron chi connectivity index (χ0n) is 11.0. The van der Waals surface area contributed by atoms with Crippen LogP contribution in [0.4, 0.5) is 4.79 Å². The summed E-state index contributed by atoms with van der Waals surface area (Å²) >= 11 is 0. The van der Waals surface area contributed by atoms with E-state index in [9.17, 15) is 14.4 Å². The molecule has 0 spiro atoms. The molecule has 20 heavy (non-hydrogen) atoms. The van der Waals surface area contributed by atoms with Crippen LogP contribution in [0.1, 0.15) is 24.5 Å². The van der Waals surface area contributed by atoms with Gasteiger partial charge in [0.15, 0.2) is 0 Å². The van der Waals surface area contributed by atoms with Crippen molar-refractivity contribution in [3.05, 3.63) is 35.4 Å². The maximum Gasteiger partial charge on any atom is 0.334 e. The molecule has 0 saturated carbocycles. The summed E-state index contributed by atoms with van der Waals surface area (Å²) in [7, 11) is 0. The van der Waals surface area contributed by atoms with E-state index in [1.807, 2.05) is 13.0 Å². The number of nitrogens with zero attached hydrogens (tertiary/aromatic N) is 3. The highest BCUT2D eigenvalue weighted by Crippen LogP contribution is 2.16. The van der Waals surface area contributed by atoms with E-state index < -0.39 is 17.8 Å². The standard InChI is InChI=1S/C14H13N3O3/c1-2-6-16-12(18)13(19)17(14(16)20)9-11-5-3-4-10(7-11)8-15/h3-5,7H,2,6,9H2,1H3. The van der Waals surface area contributed by atoms with Crippen LogP contribution in [0.25, 0.3) is 0 Å². The Bertz CT molecular complexity index is 618. The van der Waals surface area contributed by atoms with Crippen molar-refractivity contribution in [1.82, 2.24) is 9.80 Å². The van der Waals surface area contributed by atoms with Gasteiger partial charge in [-0.2, -0.15) is 5.26 Å². The van der Waals surface area contributed by atoms with E-state index in [1.54, 1.807) is 24.3 Å². The molecule has 0 aromatic heterocycles.